The van der Waals surface area contributed by atoms with Gasteiger partial charge in [0.1, 0.15) is 0 Å². The van der Waals surface area contributed by atoms with Gasteiger partial charge in [0, 0.05) is 59.1 Å². The Morgan fingerprint density at radius 2 is 0.797 bits per heavy atom. The maximum atomic E-state index is 9.73. The monoisotopic (exact) mass is 790 g/mol. The largest absolute Gasteiger partial charge is 0.309 e. The molecule has 1 aliphatic carbocycles. The zero-order valence-electron chi connectivity index (χ0n) is 32.3. The number of thiophene rings is 2. The molecule has 0 bridgehead atoms. The second-order valence-corrected chi connectivity index (χ2v) is 17.6. The zero-order chi connectivity index (χ0) is 39.8. The minimum absolute atomic E-state index is 0.400. The van der Waals surface area contributed by atoms with Crippen molar-refractivity contribution in [3.63, 3.8) is 0 Å². The highest BCUT2D eigenvalue weighted by Crippen LogP contribution is 2.62. The van der Waals surface area contributed by atoms with Crippen molar-refractivity contribution in [3.8, 4) is 23.3 Å². The van der Waals surface area contributed by atoms with Crippen LogP contribution < -0.4 is 9.80 Å². The van der Waals surface area contributed by atoms with E-state index in [1.165, 1.54) is 62.6 Å². The van der Waals surface area contributed by atoms with Gasteiger partial charge in [-0.25, -0.2) is 0 Å². The van der Waals surface area contributed by atoms with Gasteiger partial charge in [0.05, 0.1) is 44.0 Å². The first-order chi connectivity index (χ1) is 28.9. The van der Waals surface area contributed by atoms with E-state index in [1.54, 1.807) is 0 Å². The Labute approximate surface area is 350 Å². The third kappa shape index (κ3) is 5.31. The van der Waals surface area contributed by atoms with Crippen molar-refractivity contribution in [2.75, 3.05) is 9.80 Å². The standard InChI is InChI=1S/C53H34N4S2/c1-53(2)41-29-43(56(35-13-5-3-6-14-35)37-25-21-33(31-54)22-26-37)51-47(39-17-9-11-19-45(39)58-51)49(41)50-42(53)30-44(52-48(50)40-18-10-12-20-46(40)59-52)57(36-15-7-4-8-16-36)38-27-23-34(32-55)24-28-38/h3-30H,1-2H3. The van der Waals surface area contributed by atoms with Crippen LogP contribution in [0.25, 0.3) is 51.5 Å². The molecular formula is C53H34N4S2. The summed E-state index contributed by atoms with van der Waals surface area (Å²) >= 11 is 3.70. The molecule has 0 N–H and O–H groups in total. The molecule has 0 amide bonds. The second kappa shape index (κ2) is 13.4. The predicted molar refractivity (Wildman–Crippen MR) is 249 cm³/mol. The third-order valence-corrected chi connectivity index (χ3v) is 14.3. The van der Waals surface area contributed by atoms with Gasteiger partial charge < -0.3 is 9.80 Å². The number of para-hydroxylation sites is 2. The molecule has 0 aliphatic heterocycles. The van der Waals surface area contributed by atoms with Crippen molar-refractivity contribution >= 4 is 97.1 Å². The quantitative estimate of drug-likeness (QED) is 0.168. The van der Waals surface area contributed by atoms with Crippen molar-refractivity contribution in [2.45, 2.75) is 19.3 Å². The first-order valence-corrected chi connectivity index (χ1v) is 21.3. The van der Waals surface area contributed by atoms with Gasteiger partial charge in [-0.1, -0.05) is 86.6 Å². The molecule has 0 fully saturated rings. The number of hydrogen-bond donors (Lipinski definition) is 0. The molecule has 0 atom stereocenters. The van der Waals surface area contributed by atoms with Crippen LogP contribution in [0, 0.1) is 22.7 Å². The summed E-state index contributed by atoms with van der Waals surface area (Å²) in [6.07, 6.45) is 0. The summed E-state index contributed by atoms with van der Waals surface area (Å²) in [5.74, 6) is 0. The van der Waals surface area contributed by atoms with Gasteiger partial charge in [-0.3, -0.25) is 0 Å². The maximum Gasteiger partial charge on any atom is 0.0991 e. The normalized spacial score (nSPS) is 12.7. The zero-order valence-corrected chi connectivity index (χ0v) is 33.9. The van der Waals surface area contributed by atoms with Gasteiger partial charge in [-0.05, 0) is 119 Å². The summed E-state index contributed by atoms with van der Waals surface area (Å²) in [6.45, 7) is 4.77. The van der Waals surface area contributed by atoms with E-state index >= 15 is 0 Å². The van der Waals surface area contributed by atoms with E-state index in [9.17, 15) is 10.5 Å². The fraction of sp³-hybridized carbons (Fsp3) is 0.0566. The second-order valence-electron chi connectivity index (χ2n) is 15.5. The first kappa shape index (κ1) is 35.0. The molecule has 278 valence electrons. The summed E-state index contributed by atoms with van der Waals surface area (Å²) in [4.78, 5) is 4.72. The molecule has 8 aromatic carbocycles. The summed E-state index contributed by atoms with van der Waals surface area (Å²) in [5.41, 5.74) is 12.4. The summed E-state index contributed by atoms with van der Waals surface area (Å²) in [6, 6.07) is 64.2. The molecule has 11 rings (SSSR count). The highest BCUT2D eigenvalue weighted by Gasteiger charge is 2.42. The average molecular weight is 791 g/mol. The van der Waals surface area contributed by atoms with Gasteiger partial charge in [0.2, 0.25) is 0 Å². The molecule has 0 spiro atoms. The van der Waals surface area contributed by atoms with Gasteiger partial charge in [0.25, 0.3) is 0 Å². The molecular weight excluding hydrogens is 757 g/mol. The van der Waals surface area contributed by atoms with Crippen molar-refractivity contribution in [1.82, 2.24) is 0 Å². The molecule has 0 saturated heterocycles. The van der Waals surface area contributed by atoms with Crippen LogP contribution in [0.15, 0.2) is 170 Å². The van der Waals surface area contributed by atoms with Crippen molar-refractivity contribution in [3.05, 3.63) is 192 Å². The van der Waals surface area contributed by atoms with E-state index in [1.807, 2.05) is 46.9 Å². The highest BCUT2D eigenvalue weighted by atomic mass is 32.1. The van der Waals surface area contributed by atoms with E-state index in [0.717, 1.165) is 34.1 Å². The van der Waals surface area contributed by atoms with Crippen molar-refractivity contribution < 1.29 is 0 Å². The molecule has 1 aliphatic rings. The molecule has 2 aromatic heterocycles. The van der Waals surface area contributed by atoms with Crippen LogP contribution in [0.1, 0.15) is 36.1 Å². The van der Waals surface area contributed by atoms with E-state index in [4.69, 9.17) is 0 Å². The summed E-state index contributed by atoms with van der Waals surface area (Å²) in [5, 5.41) is 24.5. The van der Waals surface area contributed by atoms with E-state index < -0.39 is 5.41 Å². The predicted octanol–water partition coefficient (Wildman–Crippen LogP) is 15.4. The molecule has 59 heavy (non-hydrogen) atoms. The molecule has 4 nitrogen and oxygen atoms in total. The molecule has 0 saturated carbocycles. The van der Waals surface area contributed by atoms with Crippen LogP contribution in [0.2, 0.25) is 0 Å². The van der Waals surface area contributed by atoms with Gasteiger partial charge in [-0.15, -0.1) is 22.7 Å². The Balaban J connectivity index is 1.27. The smallest absolute Gasteiger partial charge is 0.0991 e. The van der Waals surface area contributed by atoms with Crippen LogP contribution in [-0.4, -0.2) is 0 Å². The van der Waals surface area contributed by atoms with E-state index in [-0.39, 0.29) is 0 Å². The third-order valence-electron chi connectivity index (χ3n) is 11.9. The van der Waals surface area contributed by atoms with Crippen molar-refractivity contribution in [2.24, 2.45) is 0 Å². The van der Waals surface area contributed by atoms with Crippen LogP contribution in [0.5, 0.6) is 0 Å². The minimum atomic E-state index is -0.400. The van der Waals surface area contributed by atoms with Gasteiger partial charge >= 0.3 is 0 Å². The summed E-state index contributed by atoms with van der Waals surface area (Å²) in [7, 11) is 0. The van der Waals surface area contributed by atoms with Crippen LogP contribution in [0.4, 0.5) is 34.1 Å². The molecule has 6 heteroatoms. The fourth-order valence-electron chi connectivity index (χ4n) is 9.13. The first-order valence-electron chi connectivity index (χ1n) is 19.6. The Bertz CT molecular complexity index is 3140. The van der Waals surface area contributed by atoms with Gasteiger partial charge in [0.15, 0.2) is 0 Å². The number of hydrogen-bond acceptors (Lipinski definition) is 6. The van der Waals surface area contributed by atoms with E-state index in [2.05, 4.69) is 181 Å². The SMILES string of the molecule is CC1(C)c2cc(N(c3ccccc3)c3ccc(C#N)cc3)c3sc4ccccc4c3c2-c2c1cc(N(c1ccccc1)c1ccc(C#N)cc1)c1sc3ccccc3c21. The number of rotatable bonds is 6. The lowest BCUT2D eigenvalue weighted by atomic mass is 9.81. The Hall–Kier alpha value is -7.22. The van der Waals surface area contributed by atoms with Crippen LogP contribution in [-0.2, 0) is 5.41 Å². The maximum absolute atomic E-state index is 9.73. The number of anilines is 6. The number of benzene rings is 8. The number of nitriles is 2. The lowest BCUT2D eigenvalue weighted by molar-refractivity contribution is 0.661. The highest BCUT2D eigenvalue weighted by molar-refractivity contribution is 7.27. The molecule has 10 aromatic rings. The summed E-state index contributed by atoms with van der Waals surface area (Å²) < 4.78 is 4.94. The average Bonchev–Trinajstić information content (AvgIpc) is 3.93. The number of fused-ring (bicyclic) bond motifs is 11. The minimum Gasteiger partial charge on any atom is -0.309 e. The van der Waals surface area contributed by atoms with Crippen LogP contribution in [0.3, 0.4) is 0 Å². The fourth-order valence-corrected chi connectivity index (χ4v) is 11.6. The Morgan fingerprint density at radius 3 is 1.19 bits per heavy atom. The Morgan fingerprint density at radius 1 is 0.441 bits per heavy atom. The van der Waals surface area contributed by atoms with Crippen LogP contribution >= 0.6 is 22.7 Å². The molecule has 2 heterocycles. The Kier molecular flexibility index (Phi) is 7.97. The van der Waals surface area contributed by atoms with E-state index in [0.29, 0.717) is 11.1 Å². The molecule has 0 unspecified atom stereocenters. The van der Waals surface area contributed by atoms with Gasteiger partial charge in [-0.2, -0.15) is 10.5 Å². The number of nitrogens with zero attached hydrogens (tertiary/aromatic N) is 4. The lowest BCUT2D eigenvalue weighted by Gasteiger charge is -2.30. The molecule has 0 radical (unpaired) electrons. The van der Waals surface area contributed by atoms with Crippen molar-refractivity contribution in [1.29, 1.82) is 10.5 Å². The topological polar surface area (TPSA) is 54.1 Å². The lowest BCUT2D eigenvalue weighted by Crippen LogP contribution is -2.18.